The van der Waals surface area contributed by atoms with E-state index < -0.39 is 0 Å². The molecule has 0 heterocycles. The zero-order valence-corrected chi connectivity index (χ0v) is 10.6. The fraction of sp³-hybridized carbons (Fsp3) is 0.778. The first kappa shape index (κ1) is 13.7. The topological polar surface area (TPSA) is 46.3 Å². The van der Waals surface area contributed by atoms with E-state index in [0.717, 1.165) is 5.75 Å². The van der Waals surface area contributed by atoms with Crippen molar-refractivity contribution < 1.29 is 4.79 Å². The Hall–Kier alpha value is -0.290. The van der Waals surface area contributed by atoms with Gasteiger partial charge in [-0.05, 0) is 20.1 Å². The van der Waals surface area contributed by atoms with Crippen LogP contribution in [-0.4, -0.2) is 40.4 Å². The number of rotatable bonds is 6. The largest absolute Gasteiger partial charge is 0.392 e. The summed E-state index contributed by atoms with van der Waals surface area (Å²) in [6, 6.07) is 0.158. The standard InChI is InChI=1S/C9H18N2OS2/c1-7(2)11(6-8(10)13)9(12)4-5-14-3/h7H,4-6H2,1-3H3,(H2,10,13). The van der Waals surface area contributed by atoms with Crippen LogP contribution in [-0.2, 0) is 4.79 Å². The molecule has 0 aliphatic rings. The first-order valence-electron chi connectivity index (χ1n) is 4.55. The number of carbonyl (C=O) groups excluding carboxylic acids is 1. The number of nitrogens with zero attached hydrogens (tertiary/aromatic N) is 1. The van der Waals surface area contributed by atoms with E-state index in [1.165, 1.54) is 0 Å². The molecule has 0 rings (SSSR count). The Labute approximate surface area is 95.4 Å². The molecule has 0 fully saturated rings. The highest BCUT2D eigenvalue weighted by atomic mass is 32.2. The number of nitrogens with two attached hydrogens (primary N) is 1. The summed E-state index contributed by atoms with van der Waals surface area (Å²) in [5, 5.41) is 0. The molecule has 3 nitrogen and oxygen atoms in total. The zero-order chi connectivity index (χ0) is 11.1. The van der Waals surface area contributed by atoms with E-state index in [0.29, 0.717) is 18.0 Å². The molecule has 5 heteroatoms. The molecule has 0 saturated carbocycles. The zero-order valence-electron chi connectivity index (χ0n) is 8.95. The maximum absolute atomic E-state index is 11.7. The van der Waals surface area contributed by atoms with Gasteiger partial charge in [-0.25, -0.2) is 0 Å². The molecular formula is C9H18N2OS2. The average molecular weight is 234 g/mol. The van der Waals surface area contributed by atoms with Crippen LogP contribution in [0.25, 0.3) is 0 Å². The van der Waals surface area contributed by atoms with Gasteiger partial charge < -0.3 is 10.6 Å². The number of thiocarbonyl (C=S) groups is 1. The van der Waals surface area contributed by atoms with Gasteiger partial charge in [0, 0.05) is 18.2 Å². The van der Waals surface area contributed by atoms with Gasteiger partial charge in [-0.15, -0.1) is 0 Å². The number of thioether (sulfide) groups is 1. The third-order valence-corrected chi connectivity index (χ3v) is 2.53. The molecule has 0 spiro atoms. The quantitative estimate of drug-likeness (QED) is 0.703. The lowest BCUT2D eigenvalue weighted by Gasteiger charge is -2.26. The van der Waals surface area contributed by atoms with Crippen molar-refractivity contribution >= 4 is 34.9 Å². The van der Waals surface area contributed by atoms with Gasteiger partial charge in [0.2, 0.25) is 5.91 Å². The first-order chi connectivity index (χ1) is 6.49. The van der Waals surface area contributed by atoms with E-state index in [2.05, 4.69) is 0 Å². The smallest absolute Gasteiger partial charge is 0.224 e. The fourth-order valence-corrected chi connectivity index (χ4v) is 1.58. The van der Waals surface area contributed by atoms with Crippen molar-refractivity contribution in [3.05, 3.63) is 0 Å². The second kappa shape index (κ2) is 7.06. The number of hydrogen-bond acceptors (Lipinski definition) is 3. The van der Waals surface area contributed by atoms with Crippen LogP contribution in [0.2, 0.25) is 0 Å². The van der Waals surface area contributed by atoms with Crippen molar-refractivity contribution in [2.75, 3.05) is 18.6 Å². The molecule has 0 aromatic carbocycles. The predicted octanol–water partition coefficient (Wildman–Crippen LogP) is 1.26. The fourth-order valence-electron chi connectivity index (χ4n) is 1.06. The molecule has 82 valence electrons. The normalized spacial score (nSPS) is 10.3. The van der Waals surface area contributed by atoms with Crippen molar-refractivity contribution in [2.45, 2.75) is 26.3 Å². The number of carbonyl (C=O) groups is 1. The van der Waals surface area contributed by atoms with Gasteiger partial charge in [-0.3, -0.25) is 4.79 Å². The molecule has 1 amide bonds. The van der Waals surface area contributed by atoms with Crippen molar-refractivity contribution in [1.29, 1.82) is 0 Å². The Morgan fingerprint density at radius 2 is 2.14 bits per heavy atom. The van der Waals surface area contributed by atoms with Crippen molar-refractivity contribution in [3.63, 3.8) is 0 Å². The Balaban J connectivity index is 4.19. The molecule has 0 aromatic rings. The Bertz CT molecular complexity index is 207. The minimum absolute atomic E-state index is 0.127. The highest BCUT2D eigenvalue weighted by Crippen LogP contribution is 2.04. The van der Waals surface area contributed by atoms with Gasteiger partial charge in [0.05, 0.1) is 11.5 Å². The van der Waals surface area contributed by atoms with E-state index in [4.69, 9.17) is 18.0 Å². The SMILES string of the molecule is CSCCC(=O)N(CC(N)=S)C(C)C. The molecule has 0 radical (unpaired) electrons. The molecule has 14 heavy (non-hydrogen) atoms. The lowest BCUT2D eigenvalue weighted by molar-refractivity contribution is -0.131. The summed E-state index contributed by atoms with van der Waals surface area (Å²) < 4.78 is 0. The van der Waals surface area contributed by atoms with E-state index >= 15 is 0 Å². The highest BCUT2D eigenvalue weighted by Gasteiger charge is 2.16. The van der Waals surface area contributed by atoms with Gasteiger partial charge in [-0.2, -0.15) is 11.8 Å². The Morgan fingerprint density at radius 3 is 2.50 bits per heavy atom. The van der Waals surface area contributed by atoms with E-state index in [9.17, 15) is 4.79 Å². The minimum Gasteiger partial charge on any atom is -0.392 e. The van der Waals surface area contributed by atoms with Crippen LogP contribution in [0, 0.1) is 0 Å². The van der Waals surface area contributed by atoms with Crippen molar-refractivity contribution in [3.8, 4) is 0 Å². The molecule has 0 atom stereocenters. The maximum atomic E-state index is 11.7. The highest BCUT2D eigenvalue weighted by molar-refractivity contribution is 7.98. The first-order valence-corrected chi connectivity index (χ1v) is 6.36. The molecule has 0 aliphatic heterocycles. The molecule has 0 aliphatic carbocycles. The predicted molar refractivity (Wildman–Crippen MR) is 66.6 cm³/mol. The molecule has 0 bridgehead atoms. The van der Waals surface area contributed by atoms with E-state index in [1.54, 1.807) is 16.7 Å². The van der Waals surface area contributed by atoms with Crippen molar-refractivity contribution in [1.82, 2.24) is 4.90 Å². The summed E-state index contributed by atoms with van der Waals surface area (Å²) in [7, 11) is 0. The van der Waals surface area contributed by atoms with Gasteiger partial charge in [0.1, 0.15) is 0 Å². The van der Waals surface area contributed by atoms with Crippen LogP contribution < -0.4 is 5.73 Å². The maximum Gasteiger partial charge on any atom is 0.224 e. The molecule has 2 N–H and O–H groups in total. The van der Waals surface area contributed by atoms with E-state index in [-0.39, 0.29) is 11.9 Å². The summed E-state index contributed by atoms with van der Waals surface area (Å²) in [6.45, 7) is 4.32. The van der Waals surface area contributed by atoms with Gasteiger partial charge in [0.15, 0.2) is 0 Å². The van der Waals surface area contributed by atoms with E-state index in [1.807, 2.05) is 20.1 Å². The number of hydrogen-bond donors (Lipinski definition) is 1. The lowest BCUT2D eigenvalue weighted by Crippen LogP contribution is -2.42. The molecule has 0 unspecified atom stereocenters. The Kier molecular flexibility index (Phi) is 6.92. The second-order valence-electron chi connectivity index (χ2n) is 3.32. The third-order valence-electron chi connectivity index (χ3n) is 1.79. The van der Waals surface area contributed by atoms with Gasteiger partial charge in [-0.1, -0.05) is 12.2 Å². The van der Waals surface area contributed by atoms with Crippen molar-refractivity contribution in [2.24, 2.45) is 5.73 Å². The van der Waals surface area contributed by atoms with Crippen LogP contribution in [0.4, 0.5) is 0 Å². The van der Waals surface area contributed by atoms with Crippen LogP contribution in [0.15, 0.2) is 0 Å². The summed E-state index contributed by atoms with van der Waals surface area (Å²) in [4.78, 5) is 13.8. The monoisotopic (exact) mass is 234 g/mol. The molecule has 0 saturated heterocycles. The van der Waals surface area contributed by atoms with Crippen LogP contribution >= 0.6 is 24.0 Å². The van der Waals surface area contributed by atoms with Crippen LogP contribution in [0.3, 0.4) is 0 Å². The third kappa shape index (κ3) is 5.44. The van der Waals surface area contributed by atoms with Gasteiger partial charge >= 0.3 is 0 Å². The average Bonchev–Trinajstić information content (AvgIpc) is 2.09. The van der Waals surface area contributed by atoms with Crippen LogP contribution in [0.5, 0.6) is 0 Å². The van der Waals surface area contributed by atoms with Crippen LogP contribution in [0.1, 0.15) is 20.3 Å². The number of amides is 1. The molecular weight excluding hydrogens is 216 g/mol. The lowest BCUT2D eigenvalue weighted by atomic mass is 10.3. The molecule has 0 aromatic heterocycles. The summed E-state index contributed by atoms with van der Waals surface area (Å²) in [5.74, 6) is 0.974. The minimum atomic E-state index is 0.127. The summed E-state index contributed by atoms with van der Waals surface area (Å²) in [5.41, 5.74) is 5.43. The summed E-state index contributed by atoms with van der Waals surface area (Å²) >= 11 is 6.47. The van der Waals surface area contributed by atoms with Gasteiger partial charge in [0.25, 0.3) is 0 Å². The Morgan fingerprint density at radius 1 is 1.57 bits per heavy atom. The second-order valence-corrected chi connectivity index (χ2v) is 4.83. The summed E-state index contributed by atoms with van der Waals surface area (Å²) in [6.07, 6.45) is 2.54.